The van der Waals surface area contributed by atoms with E-state index in [0.717, 1.165) is 25.8 Å². The monoisotopic (exact) mass is 195 g/mol. The second-order valence-electron chi connectivity index (χ2n) is 3.82. The van der Waals surface area contributed by atoms with Crippen molar-refractivity contribution in [3.05, 3.63) is 17.5 Å². The zero-order valence-electron chi connectivity index (χ0n) is 9.45. The minimum absolute atomic E-state index is 0.593. The van der Waals surface area contributed by atoms with Crippen LogP contribution in [0.1, 0.15) is 31.7 Å². The third-order valence-electron chi connectivity index (χ3n) is 2.80. The number of rotatable bonds is 5. The molecule has 1 unspecified atom stereocenters. The molecule has 0 radical (unpaired) electrons. The van der Waals surface area contributed by atoms with Gasteiger partial charge in [-0.2, -0.15) is 5.10 Å². The van der Waals surface area contributed by atoms with Crippen molar-refractivity contribution in [2.24, 2.45) is 18.7 Å². The number of hydrogen-bond acceptors (Lipinski definition) is 2. The van der Waals surface area contributed by atoms with Gasteiger partial charge in [-0.3, -0.25) is 4.68 Å². The van der Waals surface area contributed by atoms with Crippen molar-refractivity contribution in [2.45, 2.75) is 33.1 Å². The third-order valence-corrected chi connectivity index (χ3v) is 2.80. The van der Waals surface area contributed by atoms with Crippen LogP contribution in [0.15, 0.2) is 6.07 Å². The van der Waals surface area contributed by atoms with Crippen LogP contribution in [0.25, 0.3) is 0 Å². The van der Waals surface area contributed by atoms with Gasteiger partial charge in [-0.1, -0.05) is 20.3 Å². The van der Waals surface area contributed by atoms with Crippen molar-refractivity contribution < 1.29 is 0 Å². The molecular weight excluding hydrogens is 174 g/mol. The van der Waals surface area contributed by atoms with Gasteiger partial charge < -0.3 is 5.73 Å². The van der Waals surface area contributed by atoms with E-state index >= 15 is 0 Å². The molecule has 0 bridgehead atoms. The van der Waals surface area contributed by atoms with Crippen molar-refractivity contribution in [3.63, 3.8) is 0 Å². The van der Waals surface area contributed by atoms with Crippen molar-refractivity contribution in [1.82, 2.24) is 9.78 Å². The fourth-order valence-corrected chi connectivity index (χ4v) is 1.63. The summed E-state index contributed by atoms with van der Waals surface area (Å²) in [4.78, 5) is 0. The summed E-state index contributed by atoms with van der Waals surface area (Å²) in [6.07, 6.45) is 3.20. The Hall–Kier alpha value is -0.830. The van der Waals surface area contributed by atoms with Gasteiger partial charge in [0.2, 0.25) is 0 Å². The number of nitrogens with two attached hydrogens (primary N) is 1. The molecule has 3 nitrogen and oxygen atoms in total. The van der Waals surface area contributed by atoms with Gasteiger partial charge in [-0.25, -0.2) is 0 Å². The lowest BCUT2D eigenvalue weighted by atomic mass is 10.0. The Morgan fingerprint density at radius 1 is 1.50 bits per heavy atom. The molecule has 0 aliphatic carbocycles. The van der Waals surface area contributed by atoms with Crippen LogP contribution >= 0.6 is 0 Å². The lowest BCUT2D eigenvalue weighted by molar-refractivity contribution is 0.498. The van der Waals surface area contributed by atoms with Crippen LogP contribution in [0.4, 0.5) is 0 Å². The smallest absolute Gasteiger partial charge is 0.0624 e. The van der Waals surface area contributed by atoms with Crippen molar-refractivity contribution in [1.29, 1.82) is 0 Å². The minimum atomic E-state index is 0.593. The molecule has 1 atom stereocenters. The Balaban J connectivity index is 2.69. The zero-order valence-corrected chi connectivity index (χ0v) is 9.45. The standard InChI is InChI=1S/C11H21N3/c1-4-9(8-12)6-11-7-10(5-2)13-14(11)3/h7,9H,4-6,8,12H2,1-3H3. The summed E-state index contributed by atoms with van der Waals surface area (Å²) in [7, 11) is 2.01. The fourth-order valence-electron chi connectivity index (χ4n) is 1.63. The zero-order chi connectivity index (χ0) is 10.6. The molecule has 0 aliphatic heterocycles. The largest absolute Gasteiger partial charge is 0.330 e. The maximum atomic E-state index is 5.69. The van der Waals surface area contributed by atoms with Crippen LogP contribution in [0.5, 0.6) is 0 Å². The molecule has 80 valence electrons. The molecule has 14 heavy (non-hydrogen) atoms. The first-order valence-corrected chi connectivity index (χ1v) is 5.43. The van der Waals surface area contributed by atoms with E-state index in [0.29, 0.717) is 5.92 Å². The number of aryl methyl sites for hydroxylation is 2. The molecule has 0 amide bonds. The van der Waals surface area contributed by atoms with Gasteiger partial charge in [0, 0.05) is 12.7 Å². The average molecular weight is 195 g/mol. The first kappa shape index (κ1) is 11.2. The molecule has 1 aromatic heterocycles. The first-order chi connectivity index (χ1) is 6.71. The average Bonchev–Trinajstić information content (AvgIpc) is 2.56. The maximum Gasteiger partial charge on any atom is 0.0624 e. The Morgan fingerprint density at radius 2 is 2.21 bits per heavy atom. The highest BCUT2D eigenvalue weighted by molar-refractivity contribution is 5.10. The Kier molecular flexibility index (Phi) is 4.14. The van der Waals surface area contributed by atoms with E-state index in [1.54, 1.807) is 0 Å². The van der Waals surface area contributed by atoms with Crippen molar-refractivity contribution >= 4 is 0 Å². The molecule has 0 aliphatic rings. The lowest BCUT2D eigenvalue weighted by Crippen LogP contribution is -2.17. The third kappa shape index (κ3) is 2.58. The SMILES string of the molecule is CCc1cc(CC(CC)CN)n(C)n1. The molecule has 1 heterocycles. The van der Waals surface area contributed by atoms with E-state index in [9.17, 15) is 0 Å². The van der Waals surface area contributed by atoms with E-state index in [4.69, 9.17) is 5.73 Å². The molecule has 3 heteroatoms. The van der Waals surface area contributed by atoms with Gasteiger partial charge >= 0.3 is 0 Å². The van der Waals surface area contributed by atoms with Gasteiger partial charge in [0.1, 0.15) is 0 Å². The van der Waals surface area contributed by atoms with Gasteiger partial charge in [-0.15, -0.1) is 0 Å². The van der Waals surface area contributed by atoms with E-state index in [1.165, 1.54) is 11.4 Å². The highest BCUT2D eigenvalue weighted by Gasteiger charge is 2.09. The molecule has 0 fully saturated rings. The summed E-state index contributed by atoms with van der Waals surface area (Å²) in [6, 6.07) is 2.19. The molecule has 0 saturated carbocycles. The van der Waals surface area contributed by atoms with Gasteiger partial charge in [0.25, 0.3) is 0 Å². The molecule has 0 saturated heterocycles. The second-order valence-corrected chi connectivity index (χ2v) is 3.82. The van der Waals surface area contributed by atoms with Crippen LogP contribution in [0.2, 0.25) is 0 Å². The number of hydrogen-bond donors (Lipinski definition) is 1. The van der Waals surface area contributed by atoms with Crippen LogP contribution in [0, 0.1) is 5.92 Å². The van der Waals surface area contributed by atoms with Crippen LogP contribution < -0.4 is 5.73 Å². The van der Waals surface area contributed by atoms with Gasteiger partial charge in [0.15, 0.2) is 0 Å². The number of aromatic nitrogens is 2. The minimum Gasteiger partial charge on any atom is -0.330 e. The maximum absolute atomic E-state index is 5.69. The van der Waals surface area contributed by atoms with Crippen molar-refractivity contribution in [3.8, 4) is 0 Å². The predicted octanol–water partition coefficient (Wildman–Crippen LogP) is 1.51. The van der Waals surface area contributed by atoms with Gasteiger partial charge in [-0.05, 0) is 31.4 Å². The summed E-state index contributed by atoms with van der Waals surface area (Å²) in [5.41, 5.74) is 8.17. The van der Waals surface area contributed by atoms with Gasteiger partial charge in [0.05, 0.1) is 5.69 Å². The van der Waals surface area contributed by atoms with Crippen LogP contribution in [-0.4, -0.2) is 16.3 Å². The van der Waals surface area contributed by atoms with E-state index in [-0.39, 0.29) is 0 Å². The summed E-state index contributed by atoms with van der Waals surface area (Å²) in [5, 5.41) is 4.43. The highest BCUT2D eigenvalue weighted by atomic mass is 15.3. The molecule has 1 aromatic rings. The summed E-state index contributed by atoms with van der Waals surface area (Å²) < 4.78 is 1.98. The van der Waals surface area contributed by atoms with Crippen LogP contribution in [0.3, 0.4) is 0 Å². The predicted molar refractivity (Wildman–Crippen MR) is 59.1 cm³/mol. The molecule has 0 aromatic carbocycles. The first-order valence-electron chi connectivity index (χ1n) is 5.43. The van der Waals surface area contributed by atoms with Crippen molar-refractivity contribution in [2.75, 3.05) is 6.54 Å². The fraction of sp³-hybridized carbons (Fsp3) is 0.727. The topological polar surface area (TPSA) is 43.8 Å². The summed E-state index contributed by atoms with van der Waals surface area (Å²) in [6.45, 7) is 5.09. The Bertz CT molecular complexity index is 274. The molecule has 1 rings (SSSR count). The quantitative estimate of drug-likeness (QED) is 0.774. The highest BCUT2D eigenvalue weighted by Crippen LogP contribution is 2.12. The van der Waals surface area contributed by atoms with E-state index in [1.807, 2.05) is 11.7 Å². The Morgan fingerprint density at radius 3 is 2.64 bits per heavy atom. The van der Waals surface area contributed by atoms with Crippen LogP contribution in [-0.2, 0) is 19.9 Å². The molecule has 0 spiro atoms. The van der Waals surface area contributed by atoms with E-state index in [2.05, 4.69) is 25.0 Å². The summed E-state index contributed by atoms with van der Waals surface area (Å²) >= 11 is 0. The summed E-state index contributed by atoms with van der Waals surface area (Å²) in [5.74, 6) is 0.593. The normalized spacial score (nSPS) is 13.1. The Labute approximate surface area is 86.3 Å². The molecular formula is C11H21N3. The molecule has 2 N–H and O–H groups in total. The van der Waals surface area contributed by atoms with E-state index < -0.39 is 0 Å². The second kappa shape index (κ2) is 5.15. The lowest BCUT2D eigenvalue weighted by Gasteiger charge is -2.11. The number of nitrogens with zero attached hydrogens (tertiary/aromatic N) is 2.